The lowest BCUT2D eigenvalue weighted by Gasteiger charge is -2.35. The molecule has 0 spiro atoms. The summed E-state index contributed by atoms with van der Waals surface area (Å²) in [5.41, 5.74) is 0. The van der Waals surface area contributed by atoms with Crippen LogP contribution < -0.4 is 0 Å². The molecule has 1 nitrogen and oxygen atoms in total. The minimum absolute atomic E-state index is 0.547. The fourth-order valence-corrected chi connectivity index (χ4v) is 9.93. The van der Waals surface area contributed by atoms with Gasteiger partial charge >= 0.3 is 0 Å². The van der Waals surface area contributed by atoms with E-state index in [1.54, 1.807) is 5.29 Å². The Morgan fingerprint density at radius 2 is 1.69 bits per heavy atom. The molecule has 0 N–H and O–H groups in total. The summed E-state index contributed by atoms with van der Waals surface area (Å²) < 4.78 is 2.57. The van der Waals surface area contributed by atoms with Gasteiger partial charge in [0, 0.05) is 6.04 Å². The van der Waals surface area contributed by atoms with Crippen molar-refractivity contribution in [3.63, 3.8) is 0 Å². The SMILES string of the molecule is C=[N+](C)[C-](C)C(C)=P(C)(C)C1(C)[Si]C1(C)C. The molecule has 1 aliphatic rings. The van der Waals surface area contributed by atoms with E-state index < -0.39 is 6.89 Å². The number of hydrogen-bond donors (Lipinski definition) is 0. The summed E-state index contributed by atoms with van der Waals surface area (Å²) in [5, 5.41) is 2.14. The predicted molar refractivity (Wildman–Crippen MR) is 79.9 cm³/mol. The van der Waals surface area contributed by atoms with Crippen molar-refractivity contribution >= 4 is 28.4 Å². The van der Waals surface area contributed by atoms with Crippen molar-refractivity contribution in [2.45, 2.75) is 44.4 Å². The van der Waals surface area contributed by atoms with E-state index in [1.807, 2.05) is 11.6 Å². The summed E-state index contributed by atoms with van der Waals surface area (Å²) in [6, 6.07) is 1.35. The van der Waals surface area contributed by atoms with E-state index in [9.17, 15) is 0 Å². The molecular weight excluding hydrogens is 229 g/mol. The van der Waals surface area contributed by atoms with Gasteiger partial charge in [-0.25, -0.2) is 0 Å². The smallest absolute Gasteiger partial charge is 0.105 e. The molecule has 1 heterocycles. The van der Waals surface area contributed by atoms with Crippen molar-refractivity contribution in [3.05, 3.63) is 6.04 Å². The zero-order valence-corrected chi connectivity index (χ0v) is 14.0. The average Bonchev–Trinajstić information content (AvgIpc) is 2.65. The lowest BCUT2D eigenvalue weighted by Crippen LogP contribution is -2.23. The summed E-state index contributed by atoms with van der Waals surface area (Å²) in [6.45, 7) is 19.8. The maximum atomic E-state index is 4.01. The molecule has 1 aliphatic heterocycles. The van der Waals surface area contributed by atoms with Crippen LogP contribution in [0.2, 0.25) is 5.04 Å². The van der Waals surface area contributed by atoms with E-state index in [0.717, 1.165) is 9.52 Å². The van der Waals surface area contributed by atoms with Crippen LogP contribution in [0, 0.1) is 6.04 Å². The molecule has 1 rings (SSSR count). The number of nitrogens with zero attached hydrogens (tertiary/aromatic N) is 1. The van der Waals surface area contributed by atoms with E-state index in [0.29, 0.717) is 9.82 Å². The van der Waals surface area contributed by atoms with Crippen molar-refractivity contribution in [3.8, 4) is 0 Å². The highest BCUT2D eigenvalue weighted by molar-refractivity contribution is 7.79. The van der Waals surface area contributed by atoms with Gasteiger partial charge in [-0.15, -0.1) is 6.89 Å². The third-order valence-corrected chi connectivity index (χ3v) is 13.8. The van der Waals surface area contributed by atoms with Crippen molar-refractivity contribution in [1.29, 1.82) is 0 Å². The van der Waals surface area contributed by atoms with Gasteiger partial charge in [0.15, 0.2) is 0 Å². The van der Waals surface area contributed by atoms with Gasteiger partial charge in [0.2, 0.25) is 0 Å². The molecule has 3 heteroatoms. The monoisotopic (exact) mass is 255 g/mol. The van der Waals surface area contributed by atoms with Crippen LogP contribution in [0.15, 0.2) is 0 Å². The van der Waals surface area contributed by atoms with E-state index in [4.69, 9.17) is 0 Å². The summed E-state index contributed by atoms with van der Waals surface area (Å²) >= 11 is 0. The molecule has 0 aromatic rings. The van der Waals surface area contributed by atoms with E-state index >= 15 is 0 Å². The fraction of sp³-hybridized carbons (Fsp3) is 0.769. The molecule has 1 fully saturated rings. The second kappa shape index (κ2) is 3.78. The van der Waals surface area contributed by atoms with Crippen molar-refractivity contribution in [2.24, 2.45) is 0 Å². The zero-order valence-electron chi connectivity index (χ0n) is 12.1. The van der Waals surface area contributed by atoms with Gasteiger partial charge in [0.05, 0.1) is 9.52 Å². The van der Waals surface area contributed by atoms with Crippen LogP contribution in [0.3, 0.4) is 0 Å². The van der Waals surface area contributed by atoms with Crippen LogP contribution in [-0.2, 0) is 0 Å². The first kappa shape index (κ1) is 14.1. The van der Waals surface area contributed by atoms with Crippen LogP contribution in [0.4, 0.5) is 0 Å². The maximum absolute atomic E-state index is 4.01. The molecule has 0 saturated carbocycles. The van der Waals surface area contributed by atoms with Crippen molar-refractivity contribution in [2.75, 3.05) is 20.4 Å². The van der Waals surface area contributed by atoms with Crippen LogP contribution in [0.25, 0.3) is 0 Å². The lowest BCUT2D eigenvalue weighted by molar-refractivity contribution is -0.458. The Bertz CT molecular complexity index is 377. The van der Waals surface area contributed by atoms with Gasteiger partial charge in [0.25, 0.3) is 0 Å². The fourth-order valence-electron chi connectivity index (χ4n) is 2.43. The number of hydrogen-bond acceptors (Lipinski definition) is 0. The van der Waals surface area contributed by atoms with Gasteiger partial charge in [-0.1, -0.05) is 33.0 Å². The van der Waals surface area contributed by atoms with Crippen LogP contribution in [0.1, 0.15) is 34.6 Å². The van der Waals surface area contributed by atoms with E-state index in [1.165, 1.54) is 6.04 Å². The van der Waals surface area contributed by atoms with Crippen LogP contribution >= 0.6 is 6.89 Å². The van der Waals surface area contributed by atoms with E-state index in [-0.39, 0.29) is 0 Å². The zero-order chi connectivity index (χ0) is 12.9. The van der Waals surface area contributed by atoms with Gasteiger partial charge in [-0.2, -0.15) is 0 Å². The molecule has 1 unspecified atom stereocenters. The summed E-state index contributed by atoms with van der Waals surface area (Å²) in [7, 11) is 3.15. The Labute approximate surface area is 104 Å². The third kappa shape index (κ3) is 1.84. The molecule has 16 heavy (non-hydrogen) atoms. The normalized spacial score (nSPS) is 27.5. The summed E-state index contributed by atoms with van der Waals surface area (Å²) in [5.74, 6) is 0. The molecule has 92 valence electrons. The minimum Gasteiger partial charge on any atom is -0.368 e. The molecule has 0 aromatic carbocycles. The lowest BCUT2D eigenvalue weighted by atomic mass is 10.1. The van der Waals surface area contributed by atoms with Gasteiger partial charge in [-0.05, 0) is 36.8 Å². The molecule has 0 aliphatic carbocycles. The topological polar surface area (TPSA) is 3.01 Å². The molecule has 0 aromatic heterocycles. The average molecular weight is 255 g/mol. The van der Waals surface area contributed by atoms with Crippen LogP contribution in [-0.4, -0.2) is 51.3 Å². The Balaban J connectivity index is 3.20. The first-order chi connectivity index (χ1) is 6.97. The Kier molecular flexibility index (Phi) is 3.34. The highest BCUT2D eigenvalue weighted by Crippen LogP contribution is 2.75. The van der Waals surface area contributed by atoms with Crippen LogP contribution in [0.5, 0.6) is 0 Å². The highest BCUT2D eigenvalue weighted by Gasteiger charge is 2.62. The van der Waals surface area contributed by atoms with Gasteiger partial charge in [-0.3, -0.25) is 0 Å². The summed E-state index contributed by atoms with van der Waals surface area (Å²) in [6.07, 6.45) is 0. The van der Waals surface area contributed by atoms with E-state index in [2.05, 4.69) is 54.7 Å². The predicted octanol–water partition coefficient (Wildman–Crippen LogP) is 2.98. The molecule has 2 radical (unpaired) electrons. The second-order valence-electron chi connectivity index (χ2n) is 6.14. The highest BCUT2D eigenvalue weighted by atomic mass is 31.2. The molecule has 1 atom stereocenters. The first-order valence-electron chi connectivity index (χ1n) is 5.83. The third-order valence-electron chi connectivity index (χ3n) is 4.76. The number of rotatable bonds is 3. The van der Waals surface area contributed by atoms with Gasteiger partial charge in [0.1, 0.15) is 7.05 Å². The largest absolute Gasteiger partial charge is 0.368 e. The molecule has 0 amide bonds. The molecule has 0 bridgehead atoms. The first-order valence-corrected chi connectivity index (χ1v) is 9.51. The molecule has 1 saturated heterocycles. The van der Waals surface area contributed by atoms with Gasteiger partial charge < -0.3 is 4.58 Å². The molecular formula is C13H26NPSi. The Morgan fingerprint density at radius 1 is 1.31 bits per heavy atom. The Hall–Kier alpha value is 0.0569. The second-order valence-corrected chi connectivity index (χ2v) is 13.5. The quantitative estimate of drug-likeness (QED) is 0.240. The maximum Gasteiger partial charge on any atom is 0.105 e. The Morgan fingerprint density at radius 3 is 1.94 bits per heavy atom. The van der Waals surface area contributed by atoms with Crippen molar-refractivity contribution < 1.29 is 4.58 Å². The minimum atomic E-state index is -1.03. The summed E-state index contributed by atoms with van der Waals surface area (Å²) in [4.78, 5) is 0. The van der Waals surface area contributed by atoms with Crippen molar-refractivity contribution in [1.82, 2.24) is 0 Å². The standard InChI is InChI=1S/C13H26NPSi/c1-10(14(6)7)11(2)15(8,9)13(5)12(3,4)16-13/h6H2,1-5,7-9H3.